The molecule has 2 aromatic carbocycles. The van der Waals surface area contributed by atoms with Gasteiger partial charge in [-0.25, -0.2) is 0 Å². The molecule has 8 heteroatoms. The molecule has 1 aliphatic heterocycles. The number of unbranched alkanes of at least 4 members (excludes halogenated alkanes) is 1. The fourth-order valence-electron chi connectivity index (χ4n) is 5.65. The molecule has 40 heavy (non-hydrogen) atoms. The zero-order valence-corrected chi connectivity index (χ0v) is 23.2. The van der Waals surface area contributed by atoms with Crippen LogP contribution in [0.5, 0.6) is 0 Å². The Hall–Kier alpha value is -3.04. The summed E-state index contributed by atoms with van der Waals surface area (Å²) in [6, 6.07) is 15.9. The summed E-state index contributed by atoms with van der Waals surface area (Å²) >= 11 is 0. The summed E-state index contributed by atoms with van der Waals surface area (Å²) in [6.45, 7) is 5.58. The van der Waals surface area contributed by atoms with Crippen molar-refractivity contribution in [1.82, 2.24) is 4.90 Å². The molecule has 8 nitrogen and oxygen atoms in total. The maximum atomic E-state index is 12.4. The number of carbonyl (C=O) groups is 2. The quantitative estimate of drug-likeness (QED) is 0.203. The fraction of sp³-hybridized carbons (Fsp3) is 0.500. The molecule has 1 saturated carbocycles. The van der Waals surface area contributed by atoms with Gasteiger partial charge in [0.25, 0.3) is 0 Å². The van der Waals surface area contributed by atoms with Gasteiger partial charge >= 0.3 is 5.97 Å². The highest BCUT2D eigenvalue weighted by atomic mass is 16.7. The Kier molecular flexibility index (Phi) is 11.3. The molecule has 216 valence electrons. The van der Waals surface area contributed by atoms with E-state index in [9.17, 15) is 14.7 Å². The lowest BCUT2D eigenvalue weighted by atomic mass is 9.99. The van der Waals surface area contributed by atoms with Crippen LogP contribution in [0.1, 0.15) is 86.9 Å². The van der Waals surface area contributed by atoms with Crippen molar-refractivity contribution in [1.29, 1.82) is 0 Å². The Balaban J connectivity index is 1.48. The molecule has 3 N–H and O–H groups in total. The normalized spacial score (nSPS) is 21.4. The minimum absolute atomic E-state index is 0.00383. The molecule has 0 radical (unpaired) electrons. The average molecular weight is 551 g/mol. The second-order valence-electron chi connectivity index (χ2n) is 10.8. The second-order valence-corrected chi connectivity index (χ2v) is 10.8. The number of hydrogen-bond acceptors (Lipinski definition) is 6. The van der Waals surface area contributed by atoms with E-state index < -0.39 is 12.3 Å². The van der Waals surface area contributed by atoms with Crippen molar-refractivity contribution in [2.24, 2.45) is 0 Å². The molecule has 2 fully saturated rings. The van der Waals surface area contributed by atoms with Crippen LogP contribution in [-0.2, 0) is 25.7 Å². The number of amides is 1. The highest BCUT2D eigenvalue weighted by Gasteiger charge is 2.34. The van der Waals surface area contributed by atoms with Gasteiger partial charge in [-0.3, -0.25) is 14.5 Å². The van der Waals surface area contributed by atoms with E-state index in [1.54, 1.807) is 0 Å². The summed E-state index contributed by atoms with van der Waals surface area (Å²) in [7, 11) is 0. The molecule has 0 aromatic heterocycles. The summed E-state index contributed by atoms with van der Waals surface area (Å²) in [5.74, 6) is -0.998. The van der Waals surface area contributed by atoms with E-state index in [0.29, 0.717) is 31.0 Å². The first kappa shape index (κ1) is 29.9. The van der Waals surface area contributed by atoms with Gasteiger partial charge in [-0.05, 0) is 48.9 Å². The standard InChI is InChI=1S/C32H42N2O6/c1-2-18-34(27-10-3-4-11-27)21-28-20-29(24-16-14-23(22-35)15-17-24)40-32(39-28)25-8-7-9-26(19-25)33-30(36)12-5-6-13-31(37)38/h2,7-9,14-17,19,27-29,32,35H,1,3-6,10-13,18,20-22H2,(H,33,36)(H,37,38)/t28-,29+,32+/m0/s1. The number of anilines is 1. The third kappa shape index (κ3) is 8.73. The third-order valence-corrected chi connectivity index (χ3v) is 7.74. The van der Waals surface area contributed by atoms with E-state index in [1.807, 2.05) is 54.6 Å². The summed E-state index contributed by atoms with van der Waals surface area (Å²) in [5.41, 5.74) is 3.37. The number of rotatable bonds is 14. The fourth-order valence-corrected chi connectivity index (χ4v) is 5.65. The number of hydrogen-bond donors (Lipinski definition) is 3. The lowest BCUT2D eigenvalue weighted by Crippen LogP contribution is -2.43. The Morgan fingerprint density at radius 3 is 2.48 bits per heavy atom. The number of benzene rings is 2. The second kappa shape index (κ2) is 15.1. The van der Waals surface area contributed by atoms with Crippen LogP contribution in [0.25, 0.3) is 0 Å². The maximum absolute atomic E-state index is 12.4. The summed E-state index contributed by atoms with van der Waals surface area (Å²) in [4.78, 5) is 25.6. The van der Waals surface area contributed by atoms with Gasteiger partial charge in [0, 0.05) is 49.6 Å². The van der Waals surface area contributed by atoms with Gasteiger partial charge in [0.15, 0.2) is 6.29 Å². The average Bonchev–Trinajstić information content (AvgIpc) is 3.50. The van der Waals surface area contributed by atoms with Crippen LogP contribution in [0.15, 0.2) is 61.2 Å². The van der Waals surface area contributed by atoms with E-state index >= 15 is 0 Å². The van der Waals surface area contributed by atoms with E-state index in [4.69, 9.17) is 14.6 Å². The molecule has 0 spiro atoms. The number of carbonyl (C=O) groups excluding carboxylic acids is 1. The van der Waals surface area contributed by atoms with Crippen LogP contribution in [0, 0.1) is 0 Å². The van der Waals surface area contributed by atoms with Crippen molar-refractivity contribution < 1.29 is 29.3 Å². The monoisotopic (exact) mass is 550 g/mol. The predicted octanol–water partition coefficient (Wildman–Crippen LogP) is 5.74. The number of carboxylic acids is 1. The van der Waals surface area contributed by atoms with E-state index in [1.165, 1.54) is 25.7 Å². The van der Waals surface area contributed by atoms with Gasteiger partial charge < -0.3 is 25.0 Å². The van der Waals surface area contributed by atoms with Crippen LogP contribution < -0.4 is 5.32 Å². The number of carboxylic acid groups (broad SMARTS) is 1. The molecule has 1 heterocycles. The van der Waals surface area contributed by atoms with Crippen molar-refractivity contribution in [3.05, 3.63) is 77.9 Å². The van der Waals surface area contributed by atoms with Crippen LogP contribution in [-0.4, -0.2) is 52.2 Å². The van der Waals surface area contributed by atoms with Crippen LogP contribution in [0.2, 0.25) is 0 Å². The maximum Gasteiger partial charge on any atom is 0.303 e. The molecule has 2 aliphatic rings. The minimum atomic E-state index is -0.850. The third-order valence-electron chi connectivity index (χ3n) is 7.74. The molecular formula is C32H42N2O6. The summed E-state index contributed by atoms with van der Waals surface area (Å²) in [5, 5.41) is 21.2. The van der Waals surface area contributed by atoms with Crippen LogP contribution >= 0.6 is 0 Å². The van der Waals surface area contributed by atoms with Crippen LogP contribution in [0.3, 0.4) is 0 Å². The number of ether oxygens (including phenoxy) is 2. The Morgan fingerprint density at radius 1 is 1.02 bits per heavy atom. The van der Waals surface area contributed by atoms with Crippen molar-refractivity contribution in [2.75, 3.05) is 18.4 Å². The van der Waals surface area contributed by atoms with Crippen LogP contribution in [0.4, 0.5) is 5.69 Å². The number of nitrogens with one attached hydrogen (secondary N) is 1. The van der Waals surface area contributed by atoms with Gasteiger partial charge in [0.1, 0.15) is 0 Å². The van der Waals surface area contributed by atoms with Gasteiger partial charge in [0.05, 0.1) is 18.8 Å². The van der Waals surface area contributed by atoms with Crippen molar-refractivity contribution in [2.45, 2.75) is 88.9 Å². The van der Waals surface area contributed by atoms with Gasteiger partial charge in [-0.2, -0.15) is 0 Å². The van der Waals surface area contributed by atoms with Gasteiger partial charge in [-0.15, -0.1) is 6.58 Å². The molecule has 4 rings (SSSR count). The minimum Gasteiger partial charge on any atom is -0.481 e. The Bertz CT molecular complexity index is 1110. The number of nitrogens with zero attached hydrogens (tertiary/aromatic N) is 1. The smallest absolute Gasteiger partial charge is 0.303 e. The Labute approximate surface area is 237 Å². The van der Waals surface area contributed by atoms with Gasteiger partial charge in [0.2, 0.25) is 5.91 Å². The summed E-state index contributed by atoms with van der Waals surface area (Å²) in [6.07, 6.45) is 8.06. The first-order valence-electron chi connectivity index (χ1n) is 14.4. The molecule has 1 saturated heterocycles. The number of aliphatic hydroxyl groups is 1. The molecule has 0 bridgehead atoms. The SMILES string of the molecule is C=CCN(C[C@@H]1C[C@H](c2ccc(CO)cc2)O[C@H](c2cccc(NC(=O)CCCCC(=O)O)c2)O1)C1CCCC1. The largest absolute Gasteiger partial charge is 0.481 e. The van der Waals surface area contributed by atoms with Crippen molar-refractivity contribution in [3.8, 4) is 0 Å². The topological polar surface area (TPSA) is 108 Å². The molecule has 2 aromatic rings. The highest BCUT2D eigenvalue weighted by Crippen LogP contribution is 2.39. The number of aliphatic carboxylic acids is 1. The molecular weight excluding hydrogens is 508 g/mol. The first-order chi connectivity index (χ1) is 19.4. The van der Waals surface area contributed by atoms with E-state index in [0.717, 1.165) is 29.8 Å². The van der Waals surface area contributed by atoms with Gasteiger partial charge in [-0.1, -0.05) is 55.3 Å². The van der Waals surface area contributed by atoms with E-state index in [-0.39, 0.29) is 37.6 Å². The lowest BCUT2D eigenvalue weighted by Gasteiger charge is -2.39. The Morgan fingerprint density at radius 2 is 1.77 bits per heavy atom. The molecule has 0 unspecified atom stereocenters. The zero-order chi connectivity index (χ0) is 28.3. The lowest BCUT2D eigenvalue weighted by molar-refractivity contribution is -0.253. The van der Waals surface area contributed by atoms with E-state index in [2.05, 4.69) is 16.8 Å². The highest BCUT2D eigenvalue weighted by molar-refractivity contribution is 5.90. The first-order valence-corrected chi connectivity index (χ1v) is 14.4. The van der Waals surface area contributed by atoms with Crippen molar-refractivity contribution in [3.63, 3.8) is 0 Å². The zero-order valence-electron chi connectivity index (χ0n) is 23.2. The molecule has 3 atom stereocenters. The molecule has 1 amide bonds. The summed E-state index contributed by atoms with van der Waals surface area (Å²) < 4.78 is 13.1. The van der Waals surface area contributed by atoms with Crippen molar-refractivity contribution >= 4 is 17.6 Å². The molecule has 1 aliphatic carbocycles. The predicted molar refractivity (Wildman–Crippen MR) is 154 cm³/mol. The number of aliphatic hydroxyl groups excluding tert-OH is 1.